The van der Waals surface area contributed by atoms with E-state index in [9.17, 15) is 4.79 Å². The molecule has 94 valence electrons. The van der Waals surface area contributed by atoms with Crippen LogP contribution < -0.4 is 4.90 Å². The molecule has 0 bridgehead atoms. The SMILES string of the molecule is CCN(C(=O)CC(C)(C)C)c1ccc(C)cc1. The van der Waals surface area contributed by atoms with E-state index in [0.717, 1.165) is 12.2 Å². The lowest BCUT2D eigenvalue weighted by atomic mass is 9.91. The molecule has 0 saturated carbocycles. The van der Waals surface area contributed by atoms with Crippen molar-refractivity contribution in [2.24, 2.45) is 5.41 Å². The number of carbonyl (C=O) groups is 1. The first-order valence-electron chi connectivity index (χ1n) is 6.20. The van der Waals surface area contributed by atoms with E-state index in [-0.39, 0.29) is 11.3 Å². The van der Waals surface area contributed by atoms with Crippen molar-refractivity contribution < 1.29 is 4.79 Å². The first-order chi connectivity index (χ1) is 7.83. The first-order valence-corrected chi connectivity index (χ1v) is 6.20. The molecule has 0 aromatic heterocycles. The van der Waals surface area contributed by atoms with Crippen molar-refractivity contribution >= 4 is 11.6 Å². The van der Waals surface area contributed by atoms with Crippen LogP contribution in [-0.2, 0) is 4.79 Å². The Hall–Kier alpha value is -1.31. The summed E-state index contributed by atoms with van der Waals surface area (Å²) in [6, 6.07) is 8.11. The highest BCUT2D eigenvalue weighted by Crippen LogP contribution is 2.23. The Morgan fingerprint density at radius 1 is 1.18 bits per heavy atom. The van der Waals surface area contributed by atoms with Crippen LogP contribution >= 0.6 is 0 Å². The number of hydrogen-bond acceptors (Lipinski definition) is 1. The standard InChI is InChI=1S/C15H23NO/c1-6-16(14(17)11-15(3,4)5)13-9-7-12(2)8-10-13/h7-10H,6,11H2,1-5H3. The number of hydrogen-bond donors (Lipinski definition) is 0. The lowest BCUT2D eigenvalue weighted by Gasteiger charge is -2.25. The Balaban J connectivity index is 2.84. The van der Waals surface area contributed by atoms with Crippen LogP contribution in [0.5, 0.6) is 0 Å². The Bertz CT molecular complexity index is 373. The summed E-state index contributed by atoms with van der Waals surface area (Å²) in [6.45, 7) is 11.1. The summed E-state index contributed by atoms with van der Waals surface area (Å²) in [5, 5.41) is 0. The predicted octanol–water partition coefficient (Wildman–Crippen LogP) is 3.78. The van der Waals surface area contributed by atoms with Crippen molar-refractivity contribution in [3.05, 3.63) is 29.8 Å². The monoisotopic (exact) mass is 233 g/mol. The third-order valence-electron chi connectivity index (χ3n) is 2.64. The largest absolute Gasteiger partial charge is 0.313 e. The minimum Gasteiger partial charge on any atom is -0.313 e. The number of carbonyl (C=O) groups excluding carboxylic acids is 1. The Kier molecular flexibility index (Phi) is 4.33. The van der Waals surface area contributed by atoms with Crippen molar-refractivity contribution in [3.63, 3.8) is 0 Å². The second-order valence-electron chi connectivity index (χ2n) is 5.71. The van der Waals surface area contributed by atoms with Crippen LogP contribution in [0.1, 0.15) is 39.7 Å². The fraction of sp³-hybridized carbons (Fsp3) is 0.533. The van der Waals surface area contributed by atoms with Gasteiger partial charge in [-0.25, -0.2) is 0 Å². The van der Waals surface area contributed by atoms with Gasteiger partial charge in [0.25, 0.3) is 0 Å². The maximum absolute atomic E-state index is 12.2. The molecule has 1 aromatic carbocycles. The van der Waals surface area contributed by atoms with E-state index in [1.165, 1.54) is 5.56 Å². The highest BCUT2D eigenvalue weighted by molar-refractivity contribution is 5.93. The molecule has 0 fully saturated rings. The second-order valence-corrected chi connectivity index (χ2v) is 5.71. The van der Waals surface area contributed by atoms with Crippen LogP contribution in [0.3, 0.4) is 0 Å². The maximum Gasteiger partial charge on any atom is 0.227 e. The zero-order chi connectivity index (χ0) is 13.1. The van der Waals surface area contributed by atoms with Gasteiger partial charge in [0.1, 0.15) is 0 Å². The zero-order valence-electron chi connectivity index (χ0n) is 11.6. The number of rotatable bonds is 3. The van der Waals surface area contributed by atoms with Crippen molar-refractivity contribution in [1.82, 2.24) is 0 Å². The summed E-state index contributed by atoms with van der Waals surface area (Å²) < 4.78 is 0. The second kappa shape index (κ2) is 5.35. The molecule has 1 rings (SSSR count). The lowest BCUT2D eigenvalue weighted by Crippen LogP contribution is -2.33. The van der Waals surface area contributed by atoms with E-state index >= 15 is 0 Å². The molecule has 0 radical (unpaired) electrons. The van der Waals surface area contributed by atoms with Gasteiger partial charge in [-0.2, -0.15) is 0 Å². The van der Waals surface area contributed by atoms with Gasteiger partial charge in [0.15, 0.2) is 0 Å². The van der Waals surface area contributed by atoms with E-state index in [4.69, 9.17) is 0 Å². The Labute approximate surface area is 105 Å². The maximum atomic E-state index is 12.2. The fourth-order valence-electron chi connectivity index (χ4n) is 1.78. The molecule has 1 aromatic rings. The van der Waals surface area contributed by atoms with Gasteiger partial charge in [-0.1, -0.05) is 38.5 Å². The summed E-state index contributed by atoms with van der Waals surface area (Å²) in [4.78, 5) is 14.1. The predicted molar refractivity (Wildman–Crippen MR) is 73.3 cm³/mol. The number of anilines is 1. The van der Waals surface area contributed by atoms with Crippen LogP contribution in [0, 0.1) is 12.3 Å². The van der Waals surface area contributed by atoms with Crippen LogP contribution in [0.25, 0.3) is 0 Å². The first kappa shape index (κ1) is 13.8. The third-order valence-corrected chi connectivity index (χ3v) is 2.64. The molecule has 0 spiro atoms. The van der Waals surface area contributed by atoms with Gasteiger partial charge in [-0.3, -0.25) is 4.79 Å². The summed E-state index contributed by atoms with van der Waals surface area (Å²) in [5.41, 5.74) is 2.25. The molecule has 0 aliphatic rings. The zero-order valence-corrected chi connectivity index (χ0v) is 11.6. The Morgan fingerprint density at radius 3 is 2.12 bits per heavy atom. The quantitative estimate of drug-likeness (QED) is 0.778. The van der Waals surface area contributed by atoms with E-state index in [1.54, 1.807) is 0 Å². The summed E-state index contributed by atoms with van der Waals surface area (Å²) >= 11 is 0. The minimum atomic E-state index is 0.0369. The van der Waals surface area contributed by atoms with Gasteiger partial charge in [-0.05, 0) is 31.4 Å². The molecule has 2 nitrogen and oxygen atoms in total. The van der Waals surface area contributed by atoms with Crippen molar-refractivity contribution in [2.75, 3.05) is 11.4 Å². The van der Waals surface area contributed by atoms with Crippen molar-refractivity contribution in [2.45, 2.75) is 41.0 Å². The molecule has 2 heteroatoms. The van der Waals surface area contributed by atoms with Gasteiger partial charge in [0, 0.05) is 18.7 Å². The molecule has 0 unspecified atom stereocenters. The van der Waals surface area contributed by atoms with Gasteiger partial charge in [-0.15, -0.1) is 0 Å². The number of aryl methyl sites for hydroxylation is 1. The van der Waals surface area contributed by atoms with Crippen molar-refractivity contribution in [3.8, 4) is 0 Å². The topological polar surface area (TPSA) is 20.3 Å². The number of amides is 1. The van der Waals surface area contributed by atoms with Crippen LogP contribution in [0.2, 0.25) is 0 Å². The highest BCUT2D eigenvalue weighted by atomic mass is 16.2. The third kappa shape index (κ3) is 4.22. The summed E-state index contributed by atoms with van der Waals surface area (Å²) in [6.07, 6.45) is 0.578. The molecule has 0 saturated heterocycles. The van der Waals surface area contributed by atoms with E-state index in [2.05, 4.69) is 27.7 Å². The smallest absolute Gasteiger partial charge is 0.227 e. The highest BCUT2D eigenvalue weighted by Gasteiger charge is 2.21. The average molecular weight is 233 g/mol. The molecule has 1 amide bonds. The molecule has 17 heavy (non-hydrogen) atoms. The van der Waals surface area contributed by atoms with Crippen molar-refractivity contribution in [1.29, 1.82) is 0 Å². The minimum absolute atomic E-state index is 0.0369. The summed E-state index contributed by atoms with van der Waals surface area (Å²) in [7, 11) is 0. The fourth-order valence-corrected chi connectivity index (χ4v) is 1.78. The van der Waals surface area contributed by atoms with Crippen LogP contribution in [0.4, 0.5) is 5.69 Å². The number of nitrogens with zero attached hydrogens (tertiary/aromatic N) is 1. The molecule has 0 N–H and O–H groups in total. The van der Waals surface area contributed by atoms with E-state index in [0.29, 0.717) is 6.42 Å². The molecule has 0 aliphatic heterocycles. The number of benzene rings is 1. The van der Waals surface area contributed by atoms with Gasteiger partial charge < -0.3 is 4.90 Å². The van der Waals surface area contributed by atoms with Gasteiger partial charge in [0.05, 0.1) is 0 Å². The van der Waals surface area contributed by atoms with E-state index < -0.39 is 0 Å². The molecule has 0 atom stereocenters. The molecular formula is C15H23NO. The summed E-state index contributed by atoms with van der Waals surface area (Å²) in [5.74, 6) is 0.198. The molecule has 0 aliphatic carbocycles. The molecule has 0 heterocycles. The van der Waals surface area contributed by atoms with E-state index in [1.807, 2.05) is 36.1 Å². The average Bonchev–Trinajstić information content (AvgIpc) is 2.19. The van der Waals surface area contributed by atoms with Gasteiger partial charge >= 0.3 is 0 Å². The normalized spacial score (nSPS) is 11.4. The van der Waals surface area contributed by atoms with Gasteiger partial charge in [0.2, 0.25) is 5.91 Å². The van der Waals surface area contributed by atoms with Crippen LogP contribution in [0.15, 0.2) is 24.3 Å². The molecular weight excluding hydrogens is 210 g/mol. The van der Waals surface area contributed by atoms with Crippen LogP contribution in [-0.4, -0.2) is 12.5 Å². The Morgan fingerprint density at radius 2 is 1.71 bits per heavy atom. The lowest BCUT2D eigenvalue weighted by molar-refractivity contribution is -0.120.